The number of nitrogens with two attached hydrogens (primary N) is 1. The van der Waals surface area contributed by atoms with E-state index in [0.29, 0.717) is 5.69 Å². The van der Waals surface area contributed by atoms with Crippen LogP contribution in [0.2, 0.25) is 0 Å². The van der Waals surface area contributed by atoms with Crippen LogP contribution in [0.1, 0.15) is 10.7 Å². The lowest BCUT2D eigenvalue weighted by Crippen LogP contribution is -2.26. The number of hydrogen-bond acceptors (Lipinski definition) is 5. The van der Waals surface area contributed by atoms with Gasteiger partial charge in [-0.2, -0.15) is 4.31 Å². The lowest BCUT2D eigenvalue weighted by molar-refractivity contribution is 0.462. The zero-order chi connectivity index (χ0) is 14.9. The fraction of sp³-hybridized carbons (Fsp3) is 0.250. The molecule has 0 atom stereocenters. The average molecular weight is 315 g/mol. The minimum absolute atomic E-state index is 0.0817. The summed E-state index contributed by atoms with van der Waals surface area (Å²) < 4.78 is 39.1. The Morgan fingerprint density at radius 3 is 2.70 bits per heavy atom. The molecule has 20 heavy (non-hydrogen) atoms. The predicted octanol–water partition coefficient (Wildman–Crippen LogP) is 1.99. The van der Waals surface area contributed by atoms with E-state index in [-0.39, 0.29) is 17.1 Å². The van der Waals surface area contributed by atoms with Crippen molar-refractivity contribution in [1.29, 1.82) is 0 Å². The molecule has 0 aliphatic rings. The van der Waals surface area contributed by atoms with Crippen molar-refractivity contribution in [3.63, 3.8) is 0 Å². The van der Waals surface area contributed by atoms with Gasteiger partial charge in [-0.3, -0.25) is 0 Å². The summed E-state index contributed by atoms with van der Waals surface area (Å²) in [5.74, 6) is -0.746. The second-order valence-electron chi connectivity index (χ2n) is 4.30. The molecular formula is C12H14FN3O2S2. The Morgan fingerprint density at radius 2 is 2.15 bits per heavy atom. The van der Waals surface area contributed by atoms with Gasteiger partial charge in [-0.25, -0.2) is 17.8 Å². The maximum absolute atomic E-state index is 13.4. The van der Waals surface area contributed by atoms with Crippen LogP contribution in [0.3, 0.4) is 0 Å². The van der Waals surface area contributed by atoms with Crippen molar-refractivity contribution in [1.82, 2.24) is 9.29 Å². The minimum atomic E-state index is -3.76. The Balaban J connectivity index is 2.27. The van der Waals surface area contributed by atoms with E-state index in [9.17, 15) is 12.8 Å². The summed E-state index contributed by atoms with van der Waals surface area (Å²) in [6, 6.07) is 3.45. The largest absolute Gasteiger partial charge is 0.396 e. The number of sulfonamides is 1. The first-order chi connectivity index (χ1) is 9.30. The van der Waals surface area contributed by atoms with Crippen LogP contribution >= 0.6 is 11.3 Å². The van der Waals surface area contributed by atoms with Gasteiger partial charge in [0, 0.05) is 12.4 Å². The number of aromatic nitrogens is 1. The molecule has 5 nitrogen and oxygen atoms in total. The van der Waals surface area contributed by atoms with Gasteiger partial charge in [0.1, 0.15) is 5.82 Å². The smallest absolute Gasteiger partial charge is 0.243 e. The number of halogens is 1. The number of benzene rings is 1. The first-order valence-corrected chi connectivity index (χ1v) is 8.05. The molecule has 0 bridgehead atoms. The Kier molecular flexibility index (Phi) is 4.07. The summed E-state index contributed by atoms with van der Waals surface area (Å²) in [6.45, 7) is 1.98. The van der Waals surface area contributed by atoms with E-state index in [2.05, 4.69) is 4.98 Å². The van der Waals surface area contributed by atoms with E-state index in [0.717, 1.165) is 15.4 Å². The topological polar surface area (TPSA) is 76.3 Å². The molecule has 2 aromatic rings. The fourth-order valence-electron chi connectivity index (χ4n) is 1.64. The van der Waals surface area contributed by atoms with Gasteiger partial charge in [0.2, 0.25) is 10.0 Å². The molecule has 0 spiro atoms. The molecule has 0 aliphatic heterocycles. The second-order valence-corrected chi connectivity index (χ2v) is 7.41. The third kappa shape index (κ3) is 2.97. The molecule has 1 heterocycles. The van der Waals surface area contributed by atoms with Gasteiger partial charge >= 0.3 is 0 Å². The van der Waals surface area contributed by atoms with E-state index < -0.39 is 15.8 Å². The van der Waals surface area contributed by atoms with Crippen LogP contribution < -0.4 is 5.73 Å². The van der Waals surface area contributed by atoms with Crippen LogP contribution in [0.25, 0.3) is 0 Å². The Bertz CT molecular complexity index is 728. The first kappa shape index (κ1) is 14.9. The van der Waals surface area contributed by atoms with Gasteiger partial charge in [-0.1, -0.05) is 0 Å². The van der Waals surface area contributed by atoms with Gasteiger partial charge in [-0.05, 0) is 25.1 Å². The first-order valence-electron chi connectivity index (χ1n) is 5.73. The highest BCUT2D eigenvalue weighted by Crippen LogP contribution is 2.21. The molecule has 0 saturated carbocycles. The summed E-state index contributed by atoms with van der Waals surface area (Å²) >= 11 is 1.45. The Morgan fingerprint density at radius 1 is 1.45 bits per heavy atom. The number of nitrogens with zero attached hydrogens (tertiary/aromatic N) is 2. The predicted molar refractivity (Wildman–Crippen MR) is 76.3 cm³/mol. The zero-order valence-electron chi connectivity index (χ0n) is 11.0. The van der Waals surface area contributed by atoms with Crippen LogP contribution in [0.15, 0.2) is 28.5 Å². The normalized spacial score (nSPS) is 12.0. The van der Waals surface area contributed by atoms with Crippen LogP contribution in [0, 0.1) is 12.7 Å². The molecular weight excluding hydrogens is 301 g/mol. The van der Waals surface area contributed by atoms with E-state index in [1.165, 1.54) is 30.5 Å². The molecule has 1 aromatic heterocycles. The van der Waals surface area contributed by atoms with Gasteiger partial charge in [0.05, 0.1) is 27.8 Å². The van der Waals surface area contributed by atoms with Gasteiger partial charge in [-0.15, -0.1) is 11.3 Å². The summed E-state index contributed by atoms with van der Waals surface area (Å²) in [5.41, 5.74) is 5.92. The fourth-order valence-corrected chi connectivity index (χ4v) is 3.40. The molecule has 2 N–H and O–H groups in total. The summed E-state index contributed by atoms with van der Waals surface area (Å²) in [7, 11) is -2.34. The number of anilines is 1. The van der Waals surface area contributed by atoms with Crippen molar-refractivity contribution in [3.8, 4) is 0 Å². The van der Waals surface area contributed by atoms with Gasteiger partial charge in [0.15, 0.2) is 0 Å². The van der Waals surface area contributed by atoms with Crippen molar-refractivity contribution in [2.45, 2.75) is 18.4 Å². The standard InChI is InChI=1S/C12H14FN3O2S2/c1-8-15-9(7-19-8)6-16(2)20(17,18)10-3-4-12(14)11(13)5-10/h3-5,7H,6,14H2,1-2H3. The van der Waals surface area contributed by atoms with E-state index in [1.54, 1.807) is 5.38 Å². The molecule has 0 aliphatic carbocycles. The van der Waals surface area contributed by atoms with E-state index in [4.69, 9.17) is 5.73 Å². The van der Waals surface area contributed by atoms with Crippen molar-refractivity contribution < 1.29 is 12.8 Å². The highest BCUT2D eigenvalue weighted by Gasteiger charge is 2.22. The SMILES string of the molecule is Cc1nc(CN(C)S(=O)(=O)c2ccc(N)c(F)c2)cs1. The molecule has 0 fully saturated rings. The maximum atomic E-state index is 13.4. The van der Waals surface area contributed by atoms with Crippen LogP contribution in [0.5, 0.6) is 0 Å². The number of hydrogen-bond donors (Lipinski definition) is 1. The summed E-state index contributed by atoms with van der Waals surface area (Å²) in [6.07, 6.45) is 0. The highest BCUT2D eigenvalue weighted by atomic mass is 32.2. The summed E-state index contributed by atoms with van der Waals surface area (Å²) in [5, 5.41) is 2.66. The third-order valence-corrected chi connectivity index (χ3v) is 5.35. The number of aryl methyl sites for hydroxylation is 1. The average Bonchev–Trinajstić information content (AvgIpc) is 2.78. The van der Waals surface area contributed by atoms with Crippen LogP contribution in [-0.2, 0) is 16.6 Å². The van der Waals surface area contributed by atoms with Crippen molar-refractivity contribution >= 4 is 27.0 Å². The molecule has 0 unspecified atom stereocenters. The van der Waals surface area contributed by atoms with E-state index >= 15 is 0 Å². The summed E-state index contributed by atoms with van der Waals surface area (Å²) in [4.78, 5) is 4.08. The maximum Gasteiger partial charge on any atom is 0.243 e. The molecule has 0 amide bonds. The number of nitrogen functional groups attached to an aromatic ring is 1. The van der Waals surface area contributed by atoms with E-state index in [1.807, 2.05) is 6.92 Å². The second kappa shape index (κ2) is 5.47. The molecule has 108 valence electrons. The van der Waals surface area contributed by atoms with Crippen molar-refractivity contribution in [3.05, 3.63) is 40.1 Å². The Labute approximate surface area is 120 Å². The number of thiazole rings is 1. The Hall–Kier alpha value is -1.51. The third-order valence-electron chi connectivity index (χ3n) is 2.73. The molecule has 1 aromatic carbocycles. The van der Waals surface area contributed by atoms with Crippen molar-refractivity contribution in [2.24, 2.45) is 0 Å². The van der Waals surface area contributed by atoms with Crippen LogP contribution in [0.4, 0.5) is 10.1 Å². The minimum Gasteiger partial charge on any atom is -0.396 e. The molecule has 0 saturated heterocycles. The number of rotatable bonds is 4. The van der Waals surface area contributed by atoms with Gasteiger partial charge < -0.3 is 5.73 Å². The van der Waals surface area contributed by atoms with Crippen LogP contribution in [-0.4, -0.2) is 24.8 Å². The zero-order valence-corrected chi connectivity index (χ0v) is 12.6. The molecule has 0 radical (unpaired) electrons. The van der Waals surface area contributed by atoms with Gasteiger partial charge in [0.25, 0.3) is 0 Å². The lowest BCUT2D eigenvalue weighted by Gasteiger charge is -2.16. The highest BCUT2D eigenvalue weighted by molar-refractivity contribution is 7.89. The van der Waals surface area contributed by atoms with Crippen molar-refractivity contribution in [2.75, 3.05) is 12.8 Å². The molecule has 8 heteroatoms. The monoisotopic (exact) mass is 315 g/mol. The quantitative estimate of drug-likeness (QED) is 0.876. The molecule has 2 rings (SSSR count). The lowest BCUT2D eigenvalue weighted by atomic mass is 10.3.